The van der Waals surface area contributed by atoms with Crippen molar-refractivity contribution in [2.24, 2.45) is 0 Å². The van der Waals surface area contributed by atoms with Crippen molar-refractivity contribution >= 4 is 71.0 Å². The lowest BCUT2D eigenvalue weighted by atomic mass is 10.0. The first-order valence-electron chi connectivity index (χ1n) is 5.82. The molecule has 1 N–H and O–H groups in total. The minimum absolute atomic E-state index is 0.0845. The van der Waals surface area contributed by atoms with Crippen LogP contribution in [-0.2, 0) is 4.79 Å². The number of carbonyl (C=O) groups excluding carboxylic acids is 1. The van der Waals surface area contributed by atoms with Crippen LogP contribution in [0.3, 0.4) is 0 Å². The number of amides is 1. The second-order valence-electron chi connectivity index (χ2n) is 4.38. The summed E-state index contributed by atoms with van der Waals surface area (Å²) in [6.45, 7) is 0. The highest BCUT2D eigenvalue weighted by Crippen LogP contribution is 2.40. The summed E-state index contributed by atoms with van der Waals surface area (Å²) in [7, 11) is 0. The number of benzene rings is 2. The van der Waals surface area contributed by atoms with E-state index in [0.717, 1.165) is 30.2 Å². The molecule has 3 rings (SSSR count). The van der Waals surface area contributed by atoms with E-state index in [4.69, 9.17) is 0 Å². The molecule has 1 aliphatic rings. The number of hydrogen-bond donors (Lipinski definition) is 1. The Bertz CT molecular complexity index is 753. The van der Waals surface area contributed by atoms with Gasteiger partial charge in [0.15, 0.2) is 0 Å². The minimum Gasteiger partial charge on any atom is -0.320 e. The fourth-order valence-electron chi connectivity index (χ4n) is 2.12. The predicted molar refractivity (Wildman–Crippen MR) is 92.5 cm³/mol. The van der Waals surface area contributed by atoms with Gasteiger partial charge in [-0.1, -0.05) is 44.0 Å². The first-order valence-corrected chi connectivity index (χ1v) is 8.20. The van der Waals surface area contributed by atoms with Gasteiger partial charge in [-0.15, -0.1) is 0 Å². The van der Waals surface area contributed by atoms with E-state index < -0.39 is 0 Å². The Balaban J connectivity index is 2.15. The van der Waals surface area contributed by atoms with E-state index in [1.54, 1.807) is 0 Å². The molecule has 5 heteroatoms. The van der Waals surface area contributed by atoms with Crippen molar-refractivity contribution in [1.29, 1.82) is 0 Å². The maximum Gasteiger partial charge on any atom is 0.256 e. The van der Waals surface area contributed by atoms with Crippen molar-refractivity contribution in [3.8, 4) is 0 Å². The topological polar surface area (TPSA) is 29.1 Å². The summed E-state index contributed by atoms with van der Waals surface area (Å²) in [4.78, 5) is 12.2. The molecule has 0 saturated heterocycles. The predicted octanol–water partition coefficient (Wildman–Crippen LogP) is 5.47. The lowest BCUT2D eigenvalue weighted by Gasteiger charge is -2.03. The molecule has 1 heterocycles. The van der Waals surface area contributed by atoms with E-state index >= 15 is 0 Å². The monoisotopic (exact) mass is 455 g/mol. The van der Waals surface area contributed by atoms with Crippen LogP contribution < -0.4 is 5.32 Å². The van der Waals surface area contributed by atoms with Gasteiger partial charge in [0.2, 0.25) is 0 Å². The van der Waals surface area contributed by atoms with Crippen molar-refractivity contribution < 1.29 is 4.79 Å². The van der Waals surface area contributed by atoms with Gasteiger partial charge < -0.3 is 5.32 Å². The normalized spacial score (nSPS) is 15.3. The molecule has 0 aliphatic carbocycles. The molecule has 20 heavy (non-hydrogen) atoms. The summed E-state index contributed by atoms with van der Waals surface area (Å²) in [5.41, 5.74) is 3.37. The Hall–Kier alpha value is -0.910. The molecule has 2 aromatic carbocycles. The molecule has 0 unspecified atom stereocenters. The number of nitrogens with one attached hydrogen (secondary N) is 1. The first-order chi connectivity index (χ1) is 9.54. The largest absolute Gasteiger partial charge is 0.320 e. The van der Waals surface area contributed by atoms with Crippen molar-refractivity contribution in [3.05, 3.63) is 60.9 Å². The van der Waals surface area contributed by atoms with Crippen LogP contribution in [0.5, 0.6) is 0 Å². The smallest absolute Gasteiger partial charge is 0.256 e. The fraction of sp³-hybridized carbons (Fsp3) is 0. The maximum absolute atomic E-state index is 12.2. The second kappa shape index (κ2) is 5.47. The number of anilines is 1. The van der Waals surface area contributed by atoms with Crippen LogP contribution in [0.25, 0.3) is 11.6 Å². The summed E-state index contributed by atoms with van der Waals surface area (Å²) in [5.74, 6) is -0.0845. The van der Waals surface area contributed by atoms with Crippen molar-refractivity contribution in [2.75, 3.05) is 5.32 Å². The molecule has 0 atom stereocenters. The van der Waals surface area contributed by atoms with Crippen molar-refractivity contribution in [2.45, 2.75) is 0 Å². The quantitative estimate of drug-likeness (QED) is 0.565. The maximum atomic E-state index is 12.2. The molecule has 0 fully saturated rings. The van der Waals surface area contributed by atoms with Gasteiger partial charge in [-0.05, 0) is 51.8 Å². The third kappa shape index (κ3) is 2.62. The minimum atomic E-state index is -0.0845. The van der Waals surface area contributed by atoms with Gasteiger partial charge in [-0.25, -0.2) is 0 Å². The fourth-order valence-corrected chi connectivity index (χ4v) is 3.86. The summed E-state index contributed by atoms with van der Waals surface area (Å²) in [6, 6.07) is 11.7. The molecule has 0 spiro atoms. The van der Waals surface area contributed by atoms with Crippen LogP contribution in [0, 0.1) is 0 Å². The molecule has 1 aliphatic heterocycles. The number of carbonyl (C=O) groups is 1. The highest BCUT2D eigenvalue weighted by molar-refractivity contribution is 9.11. The van der Waals surface area contributed by atoms with Gasteiger partial charge in [-0.3, -0.25) is 4.79 Å². The van der Waals surface area contributed by atoms with E-state index in [2.05, 4.69) is 53.1 Å². The molecule has 0 radical (unpaired) electrons. The molecule has 0 saturated carbocycles. The summed E-state index contributed by atoms with van der Waals surface area (Å²) < 4.78 is 2.79. The Morgan fingerprint density at radius 2 is 1.80 bits per heavy atom. The molecule has 2 aromatic rings. The van der Waals surface area contributed by atoms with Gasteiger partial charge in [0.25, 0.3) is 5.91 Å². The third-order valence-electron chi connectivity index (χ3n) is 2.99. The SMILES string of the molecule is O=C1Nc2c(Br)cc(Br)cc2C1=Cc1cccc(Br)c1. The molecule has 1 amide bonds. The van der Waals surface area contributed by atoms with Gasteiger partial charge in [0.05, 0.1) is 5.69 Å². The second-order valence-corrected chi connectivity index (χ2v) is 7.06. The standard InChI is InChI=1S/C15H8Br3NO/c16-9-3-1-2-8(4-9)5-12-11-6-10(17)7-13(18)14(11)19-15(12)20/h1-7H,(H,19,20). The van der Waals surface area contributed by atoms with Crippen LogP contribution in [0.2, 0.25) is 0 Å². The Kier molecular flexibility index (Phi) is 3.84. The van der Waals surface area contributed by atoms with Crippen LogP contribution >= 0.6 is 47.8 Å². The number of fused-ring (bicyclic) bond motifs is 1. The molecular formula is C15H8Br3NO. The zero-order chi connectivity index (χ0) is 14.3. The molecule has 0 bridgehead atoms. The highest BCUT2D eigenvalue weighted by atomic mass is 79.9. The molecule has 2 nitrogen and oxygen atoms in total. The average Bonchev–Trinajstić information content (AvgIpc) is 2.68. The zero-order valence-corrected chi connectivity index (χ0v) is 14.8. The summed E-state index contributed by atoms with van der Waals surface area (Å²) in [5, 5.41) is 2.89. The Labute approximate surface area is 141 Å². The molecule has 100 valence electrons. The van der Waals surface area contributed by atoms with Crippen LogP contribution in [0.15, 0.2) is 49.8 Å². The number of halogens is 3. The number of rotatable bonds is 1. The first kappa shape index (κ1) is 14.0. The lowest BCUT2D eigenvalue weighted by molar-refractivity contribution is -0.110. The van der Waals surface area contributed by atoms with Crippen LogP contribution in [-0.4, -0.2) is 5.91 Å². The third-order valence-corrected chi connectivity index (χ3v) is 4.56. The Morgan fingerprint density at radius 1 is 1.00 bits per heavy atom. The lowest BCUT2D eigenvalue weighted by Crippen LogP contribution is -2.03. The van der Waals surface area contributed by atoms with Gasteiger partial charge in [0, 0.05) is 24.6 Å². The van der Waals surface area contributed by atoms with E-state index in [9.17, 15) is 4.79 Å². The summed E-state index contributed by atoms with van der Waals surface area (Å²) >= 11 is 10.4. The zero-order valence-electron chi connectivity index (χ0n) is 10.1. The number of hydrogen-bond acceptors (Lipinski definition) is 1. The Morgan fingerprint density at radius 3 is 2.55 bits per heavy atom. The van der Waals surface area contributed by atoms with Gasteiger partial charge in [0.1, 0.15) is 0 Å². The average molecular weight is 458 g/mol. The van der Waals surface area contributed by atoms with E-state index in [0.29, 0.717) is 5.57 Å². The summed E-state index contributed by atoms with van der Waals surface area (Å²) in [6.07, 6.45) is 1.89. The van der Waals surface area contributed by atoms with E-state index in [1.807, 2.05) is 42.5 Å². The van der Waals surface area contributed by atoms with Gasteiger partial charge >= 0.3 is 0 Å². The molecular weight excluding hydrogens is 450 g/mol. The van der Waals surface area contributed by atoms with Crippen LogP contribution in [0.4, 0.5) is 5.69 Å². The van der Waals surface area contributed by atoms with E-state index in [1.165, 1.54) is 0 Å². The molecule has 0 aromatic heterocycles. The van der Waals surface area contributed by atoms with Crippen molar-refractivity contribution in [3.63, 3.8) is 0 Å². The van der Waals surface area contributed by atoms with Gasteiger partial charge in [-0.2, -0.15) is 0 Å². The van der Waals surface area contributed by atoms with Crippen LogP contribution in [0.1, 0.15) is 11.1 Å². The van der Waals surface area contributed by atoms with E-state index in [-0.39, 0.29) is 5.91 Å². The highest BCUT2D eigenvalue weighted by Gasteiger charge is 2.26. The van der Waals surface area contributed by atoms with Crippen molar-refractivity contribution in [1.82, 2.24) is 0 Å².